The first-order valence-corrected chi connectivity index (χ1v) is 11.8. The molecule has 1 heterocycles. The Bertz CT molecular complexity index is 1260. The highest BCUT2D eigenvalue weighted by molar-refractivity contribution is 9.10. The zero-order valence-corrected chi connectivity index (χ0v) is 20.1. The Kier molecular flexibility index (Phi) is 7.54. The van der Waals surface area contributed by atoms with Gasteiger partial charge >= 0.3 is 0 Å². The summed E-state index contributed by atoms with van der Waals surface area (Å²) in [5.74, 6) is 1.30. The van der Waals surface area contributed by atoms with Gasteiger partial charge in [0.15, 0.2) is 11.0 Å². The molecule has 1 aromatic heterocycles. The average Bonchev–Trinajstić information content (AvgIpc) is 3.29. The van der Waals surface area contributed by atoms with Gasteiger partial charge < -0.3 is 4.74 Å². The van der Waals surface area contributed by atoms with Crippen molar-refractivity contribution in [1.29, 1.82) is 0 Å². The molecule has 0 aliphatic heterocycles. The Morgan fingerprint density at radius 3 is 2.55 bits per heavy atom. The molecule has 0 saturated heterocycles. The van der Waals surface area contributed by atoms with Gasteiger partial charge in [-0.15, -0.1) is 10.2 Å². The van der Waals surface area contributed by atoms with Crippen LogP contribution in [0.2, 0.25) is 0 Å². The van der Waals surface area contributed by atoms with Gasteiger partial charge in [-0.05, 0) is 30.3 Å². The first kappa shape index (κ1) is 22.8. The van der Waals surface area contributed by atoms with Crippen LogP contribution in [0, 0.1) is 0 Å². The number of methoxy groups -OCH3 is 1. The number of nitrogens with zero attached hydrogens (tertiary/aromatic N) is 4. The number of hydrogen-bond donors (Lipinski definition) is 1. The van der Waals surface area contributed by atoms with Crippen LogP contribution in [0.1, 0.15) is 5.56 Å². The standard InChI is InChI=1S/C24H20BrN5O2S/c1-32-20-12-13-21(25)18(14-20)15-26-27-22(31)16-33-24-29-28-23(17-8-4-2-5-9-17)30(24)19-10-6-3-7-11-19/h2-15H,16H2,1H3,(H,27,31)/b26-15+. The summed E-state index contributed by atoms with van der Waals surface area (Å²) < 4.78 is 8.01. The van der Waals surface area contributed by atoms with Crippen molar-refractivity contribution < 1.29 is 9.53 Å². The fourth-order valence-electron chi connectivity index (χ4n) is 3.03. The molecule has 0 saturated carbocycles. The second-order valence-corrected chi connectivity index (χ2v) is 8.61. The van der Waals surface area contributed by atoms with Crippen molar-refractivity contribution >= 4 is 39.8 Å². The summed E-state index contributed by atoms with van der Waals surface area (Å²) in [7, 11) is 1.60. The van der Waals surface area contributed by atoms with Crippen molar-refractivity contribution in [1.82, 2.24) is 20.2 Å². The Balaban J connectivity index is 1.47. The van der Waals surface area contributed by atoms with E-state index >= 15 is 0 Å². The maximum Gasteiger partial charge on any atom is 0.250 e. The van der Waals surface area contributed by atoms with Crippen molar-refractivity contribution in [2.24, 2.45) is 5.10 Å². The number of para-hydroxylation sites is 1. The molecule has 0 radical (unpaired) electrons. The van der Waals surface area contributed by atoms with Gasteiger partial charge in [-0.3, -0.25) is 9.36 Å². The largest absolute Gasteiger partial charge is 0.497 e. The number of nitrogens with one attached hydrogen (secondary N) is 1. The van der Waals surface area contributed by atoms with Crippen LogP contribution in [0.5, 0.6) is 5.75 Å². The van der Waals surface area contributed by atoms with E-state index in [1.807, 2.05) is 83.4 Å². The summed E-state index contributed by atoms with van der Waals surface area (Å²) in [4.78, 5) is 12.4. The summed E-state index contributed by atoms with van der Waals surface area (Å²) in [6, 6.07) is 25.2. The topological polar surface area (TPSA) is 81.4 Å². The number of aromatic nitrogens is 3. The lowest BCUT2D eigenvalue weighted by Gasteiger charge is -2.10. The molecule has 1 N–H and O–H groups in total. The van der Waals surface area contributed by atoms with Crippen LogP contribution in [0.3, 0.4) is 0 Å². The van der Waals surface area contributed by atoms with E-state index in [0.29, 0.717) is 16.7 Å². The molecule has 7 nitrogen and oxygen atoms in total. The number of rotatable bonds is 8. The third-order valence-corrected chi connectivity index (χ3v) is 6.26. The lowest BCUT2D eigenvalue weighted by atomic mass is 10.2. The number of hydrazone groups is 1. The third-order valence-electron chi connectivity index (χ3n) is 4.61. The van der Waals surface area contributed by atoms with Crippen LogP contribution in [0.4, 0.5) is 0 Å². The molecule has 0 atom stereocenters. The zero-order valence-electron chi connectivity index (χ0n) is 17.7. The smallest absolute Gasteiger partial charge is 0.250 e. The Morgan fingerprint density at radius 1 is 1.09 bits per heavy atom. The molecule has 4 aromatic rings. The quantitative estimate of drug-likeness (QED) is 0.201. The Labute approximate surface area is 204 Å². The van der Waals surface area contributed by atoms with Crippen molar-refractivity contribution in [2.75, 3.05) is 12.9 Å². The normalized spacial score (nSPS) is 11.0. The summed E-state index contributed by atoms with van der Waals surface area (Å²) in [6.45, 7) is 0. The van der Waals surface area contributed by atoms with Crippen LogP contribution < -0.4 is 10.2 Å². The fraction of sp³-hybridized carbons (Fsp3) is 0.0833. The highest BCUT2D eigenvalue weighted by atomic mass is 79.9. The first-order valence-electron chi connectivity index (χ1n) is 10.00. The van der Waals surface area contributed by atoms with Crippen LogP contribution >= 0.6 is 27.7 Å². The minimum Gasteiger partial charge on any atom is -0.497 e. The zero-order chi connectivity index (χ0) is 23.0. The van der Waals surface area contributed by atoms with Gasteiger partial charge in [0.25, 0.3) is 5.91 Å². The van der Waals surface area contributed by atoms with E-state index in [1.165, 1.54) is 11.8 Å². The maximum absolute atomic E-state index is 12.4. The lowest BCUT2D eigenvalue weighted by molar-refractivity contribution is -0.118. The Hall–Kier alpha value is -3.43. The van der Waals surface area contributed by atoms with Crippen LogP contribution in [-0.4, -0.2) is 39.7 Å². The molecule has 0 unspecified atom stereocenters. The van der Waals surface area contributed by atoms with Gasteiger partial charge in [0.1, 0.15) is 5.75 Å². The molecule has 0 aliphatic carbocycles. The molecule has 9 heteroatoms. The van der Waals surface area contributed by atoms with Gasteiger partial charge in [-0.1, -0.05) is 76.2 Å². The third kappa shape index (κ3) is 5.68. The number of carbonyl (C=O) groups excluding carboxylic acids is 1. The van der Waals surface area contributed by atoms with E-state index in [-0.39, 0.29) is 11.7 Å². The molecule has 1 amide bonds. The van der Waals surface area contributed by atoms with Gasteiger partial charge in [0, 0.05) is 21.3 Å². The molecule has 0 spiro atoms. The van der Waals surface area contributed by atoms with Gasteiger partial charge in [0.05, 0.1) is 19.1 Å². The molecule has 3 aromatic carbocycles. The molecule has 4 rings (SSSR count). The number of hydrogen-bond acceptors (Lipinski definition) is 6. The average molecular weight is 522 g/mol. The van der Waals surface area contributed by atoms with E-state index in [9.17, 15) is 4.79 Å². The molecule has 33 heavy (non-hydrogen) atoms. The lowest BCUT2D eigenvalue weighted by Crippen LogP contribution is -2.20. The predicted molar refractivity (Wildman–Crippen MR) is 134 cm³/mol. The number of thioether (sulfide) groups is 1. The van der Waals surface area contributed by atoms with E-state index < -0.39 is 0 Å². The SMILES string of the molecule is COc1ccc(Br)c(/C=N/NC(=O)CSc2nnc(-c3ccccc3)n2-c2ccccc2)c1. The van der Waals surface area contributed by atoms with Gasteiger partial charge in [0.2, 0.25) is 0 Å². The number of benzene rings is 3. The van der Waals surface area contributed by atoms with Crippen LogP contribution in [-0.2, 0) is 4.79 Å². The first-order chi connectivity index (χ1) is 16.2. The fourth-order valence-corrected chi connectivity index (χ4v) is 4.12. The minimum atomic E-state index is -0.251. The molecule has 0 aliphatic rings. The number of amides is 1. The number of ether oxygens (including phenoxy) is 1. The molecule has 0 fully saturated rings. The van der Waals surface area contributed by atoms with Crippen molar-refractivity contribution in [3.63, 3.8) is 0 Å². The van der Waals surface area contributed by atoms with E-state index in [1.54, 1.807) is 13.3 Å². The van der Waals surface area contributed by atoms with Gasteiger partial charge in [-0.2, -0.15) is 5.10 Å². The van der Waals surface area contributed by atoms with E-state index in [0.717, 1.165) is 21.3 Å². The molecular weight excluding hydrogens is 502 g/mol. The van der Waals surface area contributed by atoms with Crippen molar-refractivity contribution in [3.8, 4) is 22.8 Å². The molecular formula is C24H20BrN5O2S. The van der Waals surface area contributed by atoms with Crippen molar-refractivity contribution in [2.45, 2.75) is 5.16 Å². The molecule has 0 bridgehead atoms. The second-order valence-electron chi connectivity index (χ2n) is 6.81. The monoisotopic (exact) mass is 521 g/mol. The summed E-state index contributed by atoms with van der Waals surface area (Å²) >= 11 is 4.75. The second kappa shape index (κ2) is 10.9. The predicted octanol–water partition coefficient (Wildman–Crippen LogP) is 4.95. The van der Waals surface area contributed by atoms with Crippen LogP contribution in [0.25, 0.3) is 17.1 Å². The van der Waals surface area contributed by atoms with Gasteiger partial charge in [-0.25, -0.2) is 5.43 Å². The number of carbonyl (C=O) groups is 1. The van der Waals surface area contributed by atoms with Crippen molar-refractivity contribution in [3.05, 3.63) is 88.9 Å². The molecule has 166 valence electrons. The van der Waals surface area contributed by atoms with E-state index in [4.69, 9.17) is 4.74 Å². The highest BCUT2D eigenvalue weighted by Crippen LogP contribution is 2.27. The Morgan fingerprint density at radius 2 is 1.82 bits per heavy atom. The summed E-state index contributed by atoms with van der Waals surface area (Å²) in [5.41, 5.74) is 5.21. The summed E-state index contributed by atoms with van der Waals surface area (Å²) in [6.07, 6.45) is 1.56. The maximum atomic E-state index is 12.4. The minimum absolute atomic E-state index is 0.135. The highest BCUT2D eigenvalue weighted by Gasteiger charge is 2.17. The van der Waals surface area contributed by atoms with E-state index in [2.05, 4.69) is 36.7 Å². The van der Waals surface area contributed by atoms with Crippen LogP contribution in [0.15, 0.2) is 93.6 Å². The summed E-state index contributed by atoms with van der Waals surface area (Å²) in [5, 5.41) is 13.4. The number of halogens is 1.